The third-order valence-corrected chi connectivity index (χ3v) is 2.79. The number of rotatable bonds is 3. The van der Waals surface area contributed by atoms with Crippen LogP contribution in [0.2, 0.25) is 0 Å². The zero-order valence-corrected chi connectivity index (χ0v) is 10.0. The monoisotopic (exact) mass is 207 g/mol. The SMILES string of the molecule is CCc1ccc(C(C)C)c(C(C)N)c1O. The minimum atomic E-state index is -0.117. The van der Waals surface area contributed by atoms with Crippen LogP contribution in [0.25, 0.3) is 0 Å². The summed E-state index contributed by atoms with van der Waals surface area (Å²) in [5.41, 5.74) is 8.95. The summed E-state index contributed by atoms with van der Waals surface area (Å²) in [5, 5.41) is 10.1. The third-order valence-electron chi connectivity index (χ3n) is 2.79. The number of aryl methyl sites for hydroxylation is 1. The van der Waals surface area contributed by atoms with Gasteiger partial charge in [-0.1, -0.05) is 32.9 Å². The van der Waals surface area contributed by atoms with E-state index in [2.05, 4.69) is 19.9 Å². The second-order valence-corrected chi connectivity index (χ2v) is 4.37. The van der Waals surface area contributed by atoms with Crippen molar-refractivity contribution in [1.82, 2.24) is 0 Å². The lowest BCUT2D eigenvalue weighted by atomic mass is 9.90. The molecule has 0 saturated carbocycles. The van der Waals surface area contributed by atoms with E-state index in [1.165, 1.54) is 0 Å². The first-order chi connectivity index (χ1) is 6.99. The second kappa shape index (κ2) is 4.67. The van der Waals surface area contributed by atoms with Crippen molar-refractivity contribution >= 4 is 0 Å². The highest BCUT2D eigenvalue weighted by Gasteiger charge is 2.16. The molecule has 84 valence electrons. The average Bonchev–Trinajstić information content (AvgIpc) is 2.16. The van der Waals surface area contributed by atoms with Crippen molar-refractivity contribution in [2.24, 2.45) is 5.73 Å². The van der Waals surface area contributed by atoms with Gasteiger partial charge in [0.15, 0.2) is 0 Å². The Bertz CT molecular complexity index is 343. The van der Waals surface area contributed by atoms with Gasteiger partial charge in [0, 0.05) is 11.6 Å². The summed E-state index contributed by atoms with van der Waals surface area (Å²) in [4.78, 5) is 0. The standard InChI is InChI=1S/C13H21NO/c1-5-10-6-7-11(8(2)3)12(9(4)14)13(10)15/h6-9,15H,5,14H2,1-4H3. The Kier molecular flexibility index (Phi) is 3.75. The normalized spacial score (nSPS) is 13.2. The topological polar surface area (TPSA) is 46.2 Å². The molecule has 15 heavy (non-hydrogen) atoms. The van der Waals surface area contributed by atoms with Crippen LogP contribution >= 0.6 is 0 Å². The molecular formula is C13H21NO. The van der Waals surface area contributed by atoms with Crippen molar-refractivity contribution in [2.75, 3.05) is 0 Å². The van der Waals surface area contributed by atoms with Crippen LogP contribution in [0.5, 0.6) is 5.75 Å². The maximum Gasteiger partial charge on any atom is 0.123 e. The highest BCUT2D eigenvalue weighted by molar-refractivity contribution is 5.48. The van der Waals surface area contributed by atoms with Gasteiger partial charge < -0.3 is 10.8 Å². The molecule has 0 aromatic heterocycles. The largest absolute Gasteiger partial charge is 0.507 e. The van der Waals surface area contributed by atoms with Gasteiger partial charge in [0.05, 0.1) is 0 Å². The first-order valence-electron chi connectivity index (χ1n) is 5.59. The molecule has 3 N–H and O–H groups in total. The van der Waals surface area contributed by atoms with E-state index in [4.69, 9.17) is 5.73 Å². The van der Waals surface area contributed by atoms with Crippen LogP contribution in [0.4, 0.5) is 0 Å². The highest BCUT2D eigenvalue weighted by atomic mass is 16.3. The van der Waals surface area contributed by atoms with Crippen LogP contribution in [-0.4, -0.2) is 5.11 Å². The molecule has 0 aliphatic rings. The van der Waals surface area contributed by atoms with Crippen LogP contribution in [0.3, 0.4) is 0 Å². The van der Waals surface area contributed by atoms with Gasteiger partial charge in [0.25, 0.3) is 0 Å². The predicted molar refractivity (Wildman–Crippen MR) is 64.2 cm³/mol. The molecule has 1 aromatic rings. The molecule has 0 aliphatic heterocycles. The van der Waals surface area contributed by atoms with Gasteiger partial charge in [-0.15, -0.1) is 0 Å². The van der Waals surface area contributed by atoms with E-state index < -0.39 is 0 Å². The van der Waals surface area contributed by atoms with Gasteiger partial charge >= 0.3 is 0 Å². The maximum absolute atomic E-state index is 10.1. The number of nitrogens with two attached hydrogens (primary N) is 1. The Labute approximate surface area is 92.1 Å². The fourth-order valence-corrected chi connectivity index (χ4v) is 1.94. The second-order valence-electron chi connectivity index (χ2n) is 4.37. The minimum Gasteiger partial charge on any atom is -0.507 e. The quantitative estimate of drug-likeness (QED) is 0.800. The first kappa shape index (κ1) is 12.1. The Balaban J connectivity index is 3.37. The van der Waals surface area contributed by atoms with Gasteiger partial charge in [0.2, 0.25) is 0 Å². The van der Waals surface area contributed by atoms with E-state index in [0.717, 1.165) is 23.1 Å². The maximum atomic E-state index is 10.1. The number of hydrogen-bond acceptors (Lipinski definition) is 2. The molecule has 1 atom stereocenters. The van der Waals surface area contributed by atoms with E-state index in [9.17, 15) is 5.11 Å². The molecule has 0 fully saturated rings. The Hall–Kier alpha value is -1.02. The summed E-state index contributed by atoms with van der Waals surface area (Å²) in [7, 11) is 0. The van der Waals surface area contributed by atoms with Gasteiger partial charge in [-0.2, -0.15) is 0 Å². The van der Waals surface area contributed by atoms with Crippen molar-refractivity contribution in [3.63, 3.8) is 0 Å². The molecule has 2 heteroatoms. The lowest BCUT2D eigenvalue weighted by Crippen LogP contribution is -2.10. The summed E-state index contributed by atoms with van der Waals surface area (Å²) in [6.07, 6.45) is 0.837. The summed E-state index contributed by atoms with van der Waals surface area (Å²) in [5.74, 6) is 0.779. The van der Waals surface area contributed by atoms with Crippen molar-refractivity contribution < 1.29 is 5.11 Å². The fourth-order valence-electron chi connectivity index (χ4n) is 1.94. The summed E-state index contributed by atoms with van der Waals surface area (Å²) < 4.78 is 0. The predicted octanol–water partition coefficient (Wildman–Crippen LogP) is 3.10. The molecule has 0 spiro atoms. The Morgan fingerprint density at radius 2 is 1.87 bits per heavy atom. The van der Waals surface area contributed by atoms with Crippen LogP contribution in [0.15, 0.2) is 12.1 Å². The van der Waals surface area contributed by atoms with Gasteiger partial charge in [-0.05, 0) is 30.4 Å². The summed E-state index contributed by atoms with van der Waals surface area (Å²) >= 11 is 0. The number of phenols is 1. The molecule has 0 radical (unpaired) electrons. The molecule has 1 unspecified atom stereocenters. The smallest absolute Gasteiger partial charge is 0.123 e. The van der Waals surface area contributed by atoms with E-state index in [-0.39, 0.29) is 6.04 Å². The van der Waals surface area contributed by atoms with Crippen LogP contribution in [0, 0.1) is 0 Å². The Morgan fingerprint density at radius 1 is 1.27 bits per heavy atom. The minimum absolute atomic E-state index is 0.117. The van der Waals surface area contributed by atoms with Gasteiger partial charge in [0.1, 0.15) is 5.75 Å². The zero-order chi connectivity index (χ0) is 11.6. The molecule has 0 aliphatic carbocycles. The van der Waals surface area contributed by atoms with E-state index >= 15 is 0 Å². The lowest BCUT2D eigenvalue weighted by molar-refractivity contribution is 0.455. The Morgan fingerprint density at radius 3 is 2.27 bits per heavy atom. The van der Waals surface area contributed by atoms with E-state index in [1.807, 2.05) is 19.9 Å². The summed E-state index contributed by atoms with van der Waals surface area (Å²) in [6, 6.07) is 3.97. The van der Waals surface area contributed by atoms with E-state index in [0.29, 0.717) is 11.7 Å². The third kappa shape index (κ3) is 2.32. The lowest BCUT2D eigenvalue weighted by Gasteiger charge is -2.19. The average molecular weight is 207 g/mol. The molecule has 2 nitrogen and oxygen atoms in total. The number of hydrogen-bond donors (Lipinski definition) is 2. The zero-order valence-electron chi connectivity index (χ0n) is 10.0. The van der Waals surface area contributed by atoms with Crippen molar-refractivity contribution in [1.29, 1.82) is 0 Å². The highest BCUT2D eigenvalue weighted by Crippen LogP contribution is 2.34. The number of phenolic OH excluding ortho intramolecular Hbond substituents is 1. The van der Waals surface area contributed by atoms with Gasteiger partial charge in [-0.25, -0.2) is 0 Å². The summed E-state index contributed by atoms with van der Waals surface area (Å²) in [6.45, 7) is 8.19. The van der Waals surface area contributed by atoms with Crippen molar-refractivity contribution in [3.8, 4) is 5.75 Å². The van der Waals surface area contributed by atoms with E-state index in [1.54, 1.807) is 0 Å². The number of benzene rings is 1. The van der Waals surface area contributed by atoms with Gasteiger partial charge in [-0.3, -0.25) is 0 Å². The molecule has 0 bridgehead atoms. The molecular weight excluding hydrogens is 186 g/mol. The molecule has 0 amide bonds. The fraction of sp³-hybridized carbons (Fsp3) is 0.538. The molecule has 1 rings (SSSR count). The molecule has 0 heterocycles. The first-order valence-corrected chi connectivity index (χ1v) is 5.59. The van der Waals surface area contributed by atoms with Crippen LogP contribution in [-0.2, 0) is 6.42 Å². The van der Waals surface area contributed by atoms with Crippen LogP contribution in [0.1, 0.15) is 56.3 Å². The molecule has 0 saturated heterocycles. The van der Waals surface area contributed by atoms with Crippen LogP contribution < -0.4 is 5.73 Å². The van der Waals surface area contributed by atoms with Crippen molar-refractivity contribution in [3.05, 3.63) is 28.8 Å². The number of aromatic hydroxyl groups is 1. The van der Waals surface area contributed by atoms with Crippen molar-refractivity contribution in [2.45, 2.75) is 46.1 Å². The molecule has 1 aromatic carbocycles.